The van der Waals surface area contributed by atoms with Crippen molar-refractivity contribution in [3.8, 4) is 0 Å². The van der Waals surface area contributed by atoms with Crippen LogP contribution in [0.5, 0.6) is 0 Å². The lowest BCUT2D eigenvalue weighted by atomic mass is 10.1. The van der Waals surface area contributed by atoms with Crippen molar-refractivity contribution >= 4 is 22.0 Å². The summed E-state index contributed by atoms with van der Waals surface area (Å²) in [5, 5.41) is 5.73. The first-order chi connectivity index (χ1) is 10.1. The molecule has 1 heterocycles. The van der Waals surface area contributed by atoms with Gasteiger partial charge >= 0.3 is 6.03 Å². The molecule has 0 aliphatic rings. The van der Waals surface area contributed by atoms with Crippen LogP contribution < -0.4 is 10.6 Å². The van der Waals surface area contributed by atoms with Gasteiger partial charge in [0.1, 0.15) is 0 Å². The Bertz CT molecular complexity index is 589. The second kappa shape index (κ2) is 7.78. The van der Waals surface area contributed by atoms with E-state index in [0.29, 0.717) is 6.54 Å². The van der Waals surface area contributed by atoms with Gasteiger partial charge in [-0.25, -0.2) is 4.79 Å². The monoisotopic (exact) mass is 347 g/mol. The van der Waals surface area contributed by atoms with Gasteiger partial charge in [0, 0.05) is 16.7 Å². The summed E-state index contributed by atoms with van der Waals surface area (Å²) in [6.07, 6.45) is 2.49. The molecular weight excluding hydrogens is 330 g/mol. The number of benzene rings is 1. The van der Waals surface area contributed by atoms with Crippen LogP contribution in [0.4, 0.5) is 4.79 Å². The topological polar surface area (TPSA) is 54.0 Å². The molecular formula is C16H18BrN3O. The Labute approximate surface area is 133 Å². The summed E-state index contributed by atoms with van der Waals surface area (Å²) in [5.41, 5.74) is 2.01. The highest BCUT2D eigenvalue weighted by Crippen LogP contribution is 2.17. The van der Waals surface area contributed by atoms with Crippen molar-refractivity contribution in [3.63, 3.8) is 0 Å². The molecule has 0 saturated carbocycles. The van der Waals surface area contributed by atoms with Crippen molar-refractivity contribution in [1.82, 2.24) is 15.6 Å². The first-order valence-corrected chi connectivity index (χ1v) is 7.62. The zero-order chi connectivity index (χ0) is 15.1. The van der Waals surface area contributed by atoms with E-state index >= 15 is 0 Å². The van der Waals surface area contributed by atoms with Crippen LogP contribution in [0.15, 0.2) is 53.1 Å². The van der Waals surface area contributed by atoms with E-state index < -0.39 is 0 Å². The molecule has 2 aromatic rings. The highest BCUT2D eigenvalue weighted by Gasteiger charge is 2.09. The van der Waals surface area contributed by atoms with Crippen molar-refractivity contribution in [3.05, 3.63) is 64.4 Å². The van der Waals surface area contributed by atoms with Crippen LogP contribution >= 0.6 is 15.9 Å². The number of urea groups is 1. The summed E-state index contributed by atoms with van der Waals surface area (Å²) in [6.45, 7) is 2.41. The Hall–Kier alpha value is -1.88. The number of nitrogens with one attached hydrogen (secondary N) is 2. The van der Waals surface area contributed by atoms with Crippen LogP contribution in [0.1, 0.15) is 18.2 Å². The first-order valence-electron chi connectivity index (χ1n) is 6.83. The maximum atomic E-state index is 11.8. The van der Waals surface area contributed by atoms with E-state index in [0.717, 1.165) is 16.6 Å². The van der Waals surface area contributed by atoms with Crippen LogP contribution in [0, 0.1) is 0 Å². The van der Waals surface area contributed by atoms with Gasteiger partial charge in [0.25, 0.3) is 0 Å². The van der Waals surface area contributed by atoms with Crippen molar-refractivity contribution < 1.29 is 4.79 Å². The third kappa shape index (κ3) is 5.19. The van der Waals surface area contributed by atoms with Crippen molar-refractivity contribution in [2.45, 2.75) is 25.9 Å². The van der Waals surface area contributed by atoms with Gasteiger partial charge in [0.2, 0.25) is 0 Å². The molecule has 0 spiro atoms. The number of hydrogen-bond acceptors (Lipinski definition) is 2. The molecule has 2 rings (SSSR count). The number of nitrogens with zero attached hydrogens (tertiary/aromatic N) is 1. The Morgan fingerprint density at radius 3 is 2.71 bits per heavy atom. The number of carbonyl (C=O) groups excluding carboxylic acids is 1. The number of halogens is 1. The highest BCUT2D eigenvalue weighted by atomic mass is 79.9. The van der Waals surface area contributed by atoms with Gasteiger partial charge in [-0.1, -0.05) is 40.2 Å². The fraction of sp³-hybridized carbons (Fsp3) is 0.250. The predicted molar refractivity (Wildman–Crippen MR) is 86.9 cm³/mol. The third-order valence-corrected chi connectivity index (χ3v) is 3.79. The smallest absolute Gasteiger partial charge is 0.315 e. The average molecular weight is 348 g/mol. The molecule has 1 aromatic carbocycles. The van der Waals surface area contributed by atoms with E-state index in [2.05, 4.69) is 31.5 Å². The zero-order valence-corrected chi connectivity index (χ0v) is 13.4. The van der Waals surface area contributed by atoms with E-state index in [1.165, 1.54) is 5.56 Å². The molecule has 0 unspecified atom stereocenters. The molecule has 0 fully saturated rings. The molecule has 0 saturated heterocycles. The molecule has 5 heteroatoms. The summed E-state index contributed by atoms with van der Waals surface area (Å²) in [6, 6.07) is 13.5. The zero-order valence-electron chi connectivity index (χ0n) is 11.8. The van der Waals surface area contributed by atoms with Crippen LogP contribution in [0.2, 0.25) is 0 Å². The summed E-state index contributed by atoms with van der Waals surface area (Å²) >= 11 is 3.52. The maximum absolute atomic E-state index is 11.8. The Balaban J connectivity index is 1.78. The lowest BCUT2D eigenvalue weighted by Crippen LogP contribution is -2.41. The fourth-order valence-corrected chi connectivity index (χ4v) is 2.44. The summed E-state index contributed by atoms with van der Waals surface area (Å²) in [7, 11) is 0. The first kappa shape index (κ1) is 15.5. The molecule has 4 nitrogen and oxygen atoms in total. The molecule has 1 atom stereocenters. The largest absolute Gasteiger partial charge is 0.335 e. The number of pyridine rings is 1. The third-order valence-electron chi connectivity index (χ3n) is 3.02. The summed E-state index contributed by atoms with van der Waals surface area (Å²) in [4.78, 5) is 16.0. The van der Waals surface area contributed by atoms with Crippen LogP contribution in [0.3, 0.4) is 0 Å². The molecule has 110 valence electrons. The number of carbonyl (C=O) groups is 1. The number of rotatable bonds is 5. The molecule has 0 radical (unpaired) electrons. The molecule has 2 N–H and O–H groups in total. The van der Waals surface area contributed by atoms with Gasteiger partial charge in [-0.3, -0.25) is 4.98 Å². The van der Waals surface area contributed by atoms with E-state index in [1.807, 2.05) is 49.4 Å². The average Bonchev–Trinajstić information content (AvgIpc) is 2.48. The van der Waals surface area contributed by atoms with Crippen LogP contribution in [-0.2, 0) is 13.0 Å². The molecule has 0 bridgehead atoms. The van der Waals surface area contributed by atoms with Gasteiger partial charge in [0.15, 0.2) is 0 Å². The molecule has 1 aromatic heterocycles. The summed E-state index contributed by atoms with van der Waals surface area (Å²) in [5.74, 6) is 0. The number of hydrogen-bond donors (Lipinski definition) is 2. The highest BCUT2D eigenvalue weighted by molar-refractivity contribution is 9.10. The minimum atomic E-state index is -0.180. The Morgan fingerprint density at radius 1 is 1.24 bits per heavy atom. The van der Waals surface area contributed by atoms with E-state index in [4.69, 9.17) is 0 Å². The van der Waals surface area contributed by atoms with E-state index in [-0.39, 0.29) is 12.1 Å². The van der Waals surface area contributed by atoms with Gasteiger partial charge in [0.05, 0.1) is 12.2 Å². The normalized spacial score (nSPS) is 11.7. The SMILES string of the molecule is C[C@H](Cc1ccccc1Br)NC(=O)NCc1ccccn1. The second-order valence-corrected chi connectivity index (χ2v) is 5.70. The Morgan fingerprint density at radius 2 is 2.00 bits per heavy atom. The van der Waals surface area contributed by atoms with Gasteiger partial charge in [-0.15, -0.1) is 0 Å². The van der Waals surface area contributed by atoms with E-state index in [9.17, 15) is 4.79 Å². The lowest BCUT2D eigenvalue weighted by Gasteiger charge is -2.15. The predicted octanol–water partition coefficient (Wildman–Crippen LogP) is 3.27. The quantitative estimate of drug-likeness (QED) is 0.871. The van der Waals surface area contributed by atoms with Gasteiger partial charge in [-0.2, -0.15) is 0 Å². The second-order valence-electron chi connectivity index (χ2n) is 4.84. The van der Waals surface area contributed by atoms with Gasteiger partial charge in [-0.05, 0) is 37.1 Å². The Kier molecular flexibility index (Phi) is 5.75. The minimum absolute atomic E-state index is 0.0485. The molecule has 0 aliphatic heterocycles. The van der Waals surface area contributed by atoms with Crippen molar-refractivity contribution in [2.75, 3.05) is 0 Å². The minimum Gasteiger partial charge on any atom is -0.335 e. The number of aromatic nitrogens is 1. The van der Waals surface area contributed by atoms with Crippen molar-refractivity contribution in [1.29, 1.82) is 0 Å². The van der Waals surface area contributed by atoms with Crippen molar-refractivity contribution in [2.24, 2.45) is 0 Å². The summed E-state index contributed by atoms with van der Waals surface area (Å²) < 4.78 is 1.06. The number of amides is 2. The van der Waals surface area contributed by atoms with Crippen LogP contribution in [0.25, 0.3) is 0 Å². The standard InChI is InChI=1S/C16H18BrN3O/c1-12(10-13-6-2-3-8-15(13)17)20-16(21)19-11-14-7-4-5-9-18-14/h2-9,12H,10-11H2,1H3,(H2,19,20,21)/t12-/m1/s1. The van der Waals surface area contributed by atoms with Gasteiger partial charge < -0.3 is 10.6 Å². The molecule has 21 heavy (non-hydrogen) atoms. The van der Waals surface area contributed by atoms with E-state index in [1.54, 1.807) is 6.20 Å². The fourth-order valence-electron chi connectivity index (χ4n) is 1.99. The maximum Gasteiger partial charge on any atom is 0.315 e. The molecule has 0 aliphatic carbocycles. The lowest BCUT2D eigenvalue weighted by molar-refractivity contribution is 0.237. The molecule has 2 amide bonds. The van der Waals surface area contributed by atoms with Crippen LogP contribution in [-0.4, -0.2) is 17.1 Å².